The third kappa shape index (κ3) is 5.42. The molecule has 10 aromatic carbocycles. The van der Waals surface area contributed by atoms with Crippen molar-refractivity contribution in [3.8, 4) is 33.4 Å². The molecule has 0 aliphatic rings. The van der Waals surface area contributed by atoms with Gasteiger partial charge in [-0.25, -0.2) is 0 Å². The summed E-state index contributed by atoms with van der Waals surface area (Å²) >= 11 is 0. The molecule has 0 bridgehead atoms. The van der Waals surface area contributed by atoms with Crippen LogP contribution in [-0.2, 0) is 0 Å². The van der Waals surface area contributed by atoms with E-state index in [9.17, 15) is 0 Å². The van der Waals surface area contributed by atoms with Crippen molar-refractivity contribution in [2.45, 2.75) is 0 Å². The van der Waals surface area contributed by atoms with E-state index in [0.29, 0.717) is 0 Å². The van der Waals surface area contributed by atoms with Crippen molar-refractivity contribution in [2.75, 3.05) is 4.90 Å². The first kappa shape index (κ1) is 32.0. The molecule has 1 heterocycles. The highest BCUT2D eigenvalue weighted by Crippen LogP contribution is 2.44. The van der Waals surface area contributed by atoms with Crippen LogP contribution in [0.5, 0.6) is 0 Å². The Morgan fingerprint density at radius 2 is 0.875 bits per heavy atom. The fourth-order valence-corrected chi connectivity index (χ4v) is 8.51. The molecule has 0 fully saturated rings. The number of nitrogens with zero attached hydrogens (tertiary/aromatic N) is 1. The van der Waals surface area contributed by atoms with Gasteiger partial charge in [-0.1, -0.05) is 152 Å². The summed E-state index contributed by atoms with van der Waals surface area (Å²) in [5.74, 6) is 0. The van der Waals surface area contributed by atoms with Gasteiger partial charge in [0.05, 0.1) is 0 Å². The molecule has 0 aliphatic heterocycles. The Balaban J connectivity index is 1.07. The van der Waals surface area contributed by atoms with Crippen LogP contribution in [0.2, 0.25) is 0 Å². The van der Waals surface area contributed by atoms with E-state index in [4.69, 9.17) is 4.42 Å². The Kier molecular flexibility index (Phi) is 7.53. The highest BCUT2D eigenvalue weighted by atomic mass is 16.3. The van der Waals surface area contributed by atoms with E-state index in [0.717, 1.165) is 55.5 Å². The van der Waals surface area contributed by atoms with Gasteiger partial charge in [-0.15, -0.1) is 0 Å². The number of rotatable bonds is 6. The predicted octanol–water partition coefficient (Wildman–Crippen LogP) is 15.5. The molecule has 0 spiro atoms. The molecule has 2 heteroatoms. The molecule has 0 unspecified atom stereocenters. The normalized spacial score (nSPS) is 11.6. The maximum Gasteiger partial charge on any atom is 0.136 e. The first-order valence-electron chi connectivity index (χ1n) is 19.2. The summed E-state index contributed by atoms with van der Waals surface area (Å²) in [6, 6.07) is 76.4. The second kappa shape index (κ2) is 13.2. The lowest BCUT2D eigenvalue weighted by atomic mass is 9.92. The van der Waals surface area contributed by atoms with Gasteiger partial charge in [0.15, 0.2) is 0 Å². The Hall–Kier alpha value is -7.42. The first-order chi connectivity index (χ1) is 27.7. The quantitative estimate of drug-likeness (QED) is 0.160. The molecule has 0 amide bonds. The minimum atomic E-state index is 0.884. The topological polar surface area (TPSA) is 16.4 Å². The van der Waals surface area contributed by atoms with E-state index < -0.39 is 0 Å². The monoisotopic (exact) mass is 713 g/mol. The van der Waals surface area contributed by atoms with Gasteiger partial charge in [0, 0.05) is 27.8 Å². The largest absolute Gasteiger partial charge is 0.456 e. The number of hydrogen-bond donors (Lipinski definition) is 0. The molecule has 56 heavy (non-hydrogen) atoms. The summed E-state index contributed by atoms with van der Waals surface area (Å²) < 4.78 is 6.60. The van der Waals surface area contributed by atoms with Gasteiger partial charge in [-0.05, 0) is 126 Å². The maximum atomic E-state index is 6.60. The fourth-order valence-electron chi connectivity index (χ4n) is 8.51. The predicted molar refractivity (Wildman–Crippen MR) is 237 cm³/mol. The fraction of sp³-hybridized carbons (Fsp3) is 0. The molecule has 0 N–H and O–H groups in total. The van der Waals surface area contributed by atoms with E-state index in [1.165, 1.54) is 49.2 Å². The van der Waals surface area contributed by atoms with Crippen molar-refractivity contribution < 1.29 is 4.42 Å². The lowest BCUT2D eigenvalue weighted by Crippen LogP contribution is -2.09. The zero-order valence-electron chi connectivity index (χ0n) is 30.6. The van der Waals surface area contributed by atoms with Crippen LogP contribution in [0.4, 0.5) is 17.1 Å². The van der Waals surface area contributed by atoms with Crippen LogP contribution >= 0.6 is 0 Å². The summed E-state index contributed by atoms with van der Waals surface area (Å²) in [5.41, 5.74) is 12.1. The van der Waals surface area contributed by atoms with Crippen molar-refractivity contribution in [1.82, 2.24) is 0 Å². The molecule has 2 nitrogen and oxygen atoms in total. The van der Waals surface area contributed by atoms with Crippen molar-refractivity contribution in [3.63, 3.8) is 0 Å². The van der Waals surface area contributed by atoms with Gasteiger partial charge in [0.25, 0.3) is 0 Å². The molecular formula is C54H35NO. The van der Waals surface area contributed by atoms with E-state index >= 15 is 0 Å². The van der Waals surface area contributed by atoms with Gasteiger partial charge in [0.2, 0.25) is 0 Å². The zero-order valence-corrected chi connectivity index (χ0v) is 30.6. The molecule has 262 valence electrons. The van der Waals surface area contributed by atoms with Crippen LogP contribution < -0.4 is 4.90 Å². The van der Waals surface area contributed by atoms with Crippen molar-refractivity contribution >= 4 is 71.3 Å². The average molecular weight is 714 g/mol. The first-order valence-corrected chi connectivity index (χ1v) is 19.2. The van der Waals surface area contributed by atoms with Gasteiger partial charge in [0.1, 0.15) is 11.2 Å². The zero-order chi connectivity index (χ0) is 37.0. The van der Waals surface area contributed by atoms with Gasteiger partial charge in [-0.2, -0.15) is 0 Å². The Morgan fingerprint density at radius 1 is 0.286 bits per heavy atom. The molecule has 0 atom stereocenters. The third-order valence-corrected chi connectivity index (χ3v) is 11.2. The molecule has 11 aromatic rings. The SMILES string of the molecule is c1ccc(-c2cccc(-c3cc4oc5ccccc5c4c4cc(N(c5ccccc5)c5ccc(-c6ccc7ccc8ccccc8c7c6)cc5)ccc34)c2)cc1. The van der Waals surface area contributed by atoms with Crippen LogP contribution in [0.3, 0.4) is 0 Å². The Bertz CT molecular complexity index is 3230. The lowest BCUT2D eigenvalue weighted by Gasteiger charge is -2.26. The number of anilines is 3. The van der Waals surface area contributed by atoms with Crippen LogP contribution in [0.15, 0.2) is 217 Å². The maximum absolute atomic E-state index is 6.60. The minimum Gasteiger partial charge on any atom is -0.456 e. The highest BCUT2D eigenvalue weighted by molar-refractivity contribution is 6.23. The second-order valence-electron chi connectivity index (χ2n) is 14.5. The average Bonchev–Trinajstić information content (AvgIpc) is 3.66. The third-order valence-electron chi connectivity index (χ3n) is 11.2. The Morgan fingerprint density at radius 3 is 1.71 bits per heavy atom. The molecule has 0 saturated carbocycles. The van der Waals surface area contributed by atoms with Crippen LogP contribution in [0.25, 0.3) is 87.6 Å². The molecule has 0 saturated heterocycles. The molecule has 11 rings (SSSR count). The van der Waals surface area contributed by atoms with Crippen molar-refractivity contribution in [2.24, 2.45) is 0 Å². The second-order valence-corrected chi connectivity index (χ2v) is 14.5. The minimum absolute atomic E-state index is 0.884. The number of fused-ring (bicyclic) bond motifs is 8. The number of hydrogen-bond acceptors (Lipinski definition) is 2. The highest BCUT2D eigenvalue weighted by Gasteiger charge is 2.19. The number of benzene rings is 10. The van der Waals surface area contributed by atoms with E-state index in [1.807, 2.05) is 6.07 Å². The summed E-state index contributed by atoms with van der Waals surface area (Å²) in [6.07, 6.45) is 0. The standard InChI is InChI=1S/C54H35NO/c1-3-12-36(13-4-1)40-15-11-16-42(32-40)50-35-53-54(48-20-9-10-21-52(48)56-53)51-34-45(30-31-47(50)51)55(43-17-5-2-6-18-43)44-28-26-37(27-29-44)41-25-24-39-23-22-38-14-7-8-19-46(38)49(39)33-41/h1-35H. The van der Waals surface area contributed by atoms with Crippen molar-refractivity contribution in [3.05, 3.63) is 212 Å². The summed E-state index contributed by atoms with van der Waals surface area (Å²) in [7, 11) is 0. The summed E-state index contributed by atoms with van der Waals surface area (Å²) in [4.78, 5) is 2.36. The lowest BCUT2D eigenvalue weighted by molar-refractivity contribution is 0.669. The molecule has 0 aliphatic carbocycles. The van der Waals surface area contributed by atoms with Crippen LogP contribution in [0, 0.1) is 0 Å². The smallest absolute Gasteiger partial charge is 0.136 e. The van der Waals surface area contributed by atoms with Crippen LogP contribution in [-0.4, -0.2) is 0 Å². The summed E-state index contributed by atoms with van der Waals surface area (Å²) in [5, 5.41) is 9.66. The molecular weight excluding hydrogens is 679 g/mol. The van der Waals surface area contributed by atoms with E-state index in [-0.39, 0.29) is 0 Å². The molecule has 0 radical (unpaired) electrons. The molecule has 1 aromatic heterocycles. The van der Waals surface area contributed by atoms with Gasteiger partial charge >= 0.3 is 0 Å². The summed E-state index contributed by atoms with van der Waals surface area (Å²) in [6.45, 7) is 0. The van der Waals surface area contributed by atoms with Crippen LogP contribution in [0.1, 0.15) is 0 Å². The van der Waals surface area contributed by atoms with E-state index in [1.54, 1.807) is 0 Å². The van der Waals surface area contributed by atoms with Gasteiger partial charge in [-0.3, -0.25) is 0 Å². The van der Waals surface area contributed by atoms with E-state index in [2.05, 4.69) is 211 Å². The van der Waals surface area contributed by atoms with Crippen molar-refractivity contribution in [1.29, 1.82) is 0 Å². The van der Waals surface area contributed by atoms with Gasteiger partial charge < -0.3 is 9.32 Å². The number of furan rings is 1. The number of para-hydroxylation sites is 2. The Labute approximate surface area is 325 Å².